The number of benzene rings is 2. The molecule has 0 unspecified atom stereocenters. The maximum Gasteiger partial charge on any atom is 0.307 e. The Kier molecular flexibility index (Phi) is 5.30. The highest BCUT2D eigenvalue weighted by atomic mass is 19.1. The number of carboxylic acids is 1. The molecule has 0 saturated carbocycles. The van der Waals surface area contributed by atoms with Gasteiger partial charge in [-0.3, -0.25) is 9.59 Å². The molecule has 2 aromatic carbocycles. The molecule has 1 amide bonds. The normalized spacial score (nSPS) is 11.8. The summed E-state index contributed by atoms with van der Waals surface area (Å²) in [7, 11) is 0. The van der Waals surface area contributed by atoms with Crippen LogP contribution in [0.2, 0.25) is 0 Å². The van der Waals surface area contributed by atoms with Gasteiger partial charge in [0.15, 0.2) is 0 Å². The van der Waals surface area contributed by atoms with Crippen LogP contribution in [0.15, 0.2) is 59.2 Å². The van der Waals surface area contributed by atoms with Crippen LogP contribution < -0.4 is 5.32 Å². The van der Waals surface area contributed by atoms with Gasteiger partial charge in [0.25, 0.3) is 5.89 Å². The Bertz CT molecular complexity index is 983. The number of carbonyl (C=O) groups is 2. The van der Waals surface area contributed by atoms with Crippen molar-refractivity contribution in [3.8, 4) is 11.3 Å². The molecule has 0 aliphatic carbocycles. The number of carbonyl (C=O) groups excluding carboxylic acids is 1. The molecule has 0 saturated heterocycles. The second-order valence-electron chi connectivity index (χ2n) is 6.00. The smallest absolute Gasteiger partial charge is 0.307 e. The lowest BCUT2D eigenvalue weighted by atomic mass is 9.99. The Morgan fingerprint density at radius 3 is 2.59 bits per heavy atom. The Hall–Kier alpha value is -3.48. The van der Waals surface area contributed by atoms with E-state index in [0.717, 1.165) is 5.56 Å². The number of nitrogens with one attached hydrogen (secondary N) is 1. The third-order valence-electron chi connectivity index (χ3n) is 4.10. The van der Waals surface area contributed by atoms with Gasteiger partial charge in [0, 0.05) is 5.56 Å². The van der Waals surface area contributed by atoms with Crippen LogP contribution in [0, 0.1) is 12.7 Å². The molecule has 0 spiro atoms. The highest BCUT2D eigenvalue weighted by molar-refractivity contribution is 5.91. The summed E-state index contributed by atoms with van der Waals surface area (Å²) in [5.74, 6) is -2.48. The number of aryl methyl sites for hydroxylation is 1. The zero-order valence-corrected chi connectivity index (χ0v) is 14.5. The van der Waals surface area contributed by atoms with Crippen LogP contribution in [0.5, 0.6) is 0 Å². The zero-order chi connectivity index (χ0) is 19.4. The molecule has 6 nitrogen and oxygen atoms in total. The lowest BCUT2D eigenvalue weighted by molar-refractivity contribution is -0.137. The predicted octanol–water partition coefficient (Wildman–Crippen LogP) is 3.73. The Balaban J connectivity index is 1.83. The van der Waals surface area contributed by atoms with Crippen LogP contribution in [0.1, 0.15) is 34.3 Å². The molecule has 3 rings (SSSR count). The molecule has 138 valence electrons. The highest BCUT2D eigenvalue weighted by Crippen LogP contribution is 2.24. The van der Waals surface area contributed by atoms with Crippen molar-refractivity contribution in [2.75, 3.05) is 0 Å². The van der Waals surface area contributed by atoms with Crippen molar-refractivity contribution in [3.05, 3.63) is 77.6 Å². The quantitative estimate of drug-likeness (QED) is 0.691. The predicted molar refractivity (Wildman–Crippen MR) is 95.5 cm³/mol. The minimum Gasteiger partial charge on any atom is -0.481 e. The Morgan fingerprint density at radius 2 is 1.89 bits per heavy atom. The molecular formula is C20H17FN2O4. The molecule has 7 heteroatoms. The van der Waals surface area contributed by atoms with E-state index in [2.05, 4.69) is 10.3 Å². The molecule has 0 bridgehead atoms. The number of halogens is 1. The van der Waals surface area contributed by atoms with Crippen LogP contribution >= 0.6 is 0 Å². The number of rotatable bonds is 6. The maximum absolute atomic E-state index is 13.9. The number of aliphatic carboxylic acids is 1. The van der Waals surface area contributed by atoms with Crippen molar-refractivity contribution in [2.45, 2.75) is 19.4 Å². The van der Waals surface area contributed by atoms with Gasteiger partial charge in [0.05, 0.1) is 12.5 Å². The number of oxazole rings is 1. The molecule has 0 aliphatic heterocycles. The first-order chi connectivity index (χ1) is 13.0. The first-order valence-corrected chi connectivity index (χ1v) is 8.24. The van der Waals surface area contributed by atoms with E-state index in [1.165, 1.54) is 18.4 Å². The number of hydrogen-bond donors (Lipinski definition) is 2. The van der Waals surface area contributed by atoms with E-state index in [9.17, 15) is 19.1 Å². The van der Waals surface area contributed by atoms with Crippen molar-refractivity contribution >= 4 is 11.9 Å². The lowest BCUT2D eigenvalue weighted by Crippen LogP contribution is -2.30. The first-order valence-electron chi connectivity index (χ1n) is 8.24. The van der Waals surface area contributed by atoms with Crippen LogP contribution in [0.3, 0.4) is 0 Å². The summed E-state index contributed by atoms with van der Waals surface area (Å²) in [6, 6.07) is 12.4. The van der Waals surface area contributed by atoms with Gasteiger partial charge >= 0.3 is 11.9 Å². The third kappa shape index (κ3) is 4.20. The zero-order valence-electron chi connectivity index (χ0n) is 14.5. The summed E-state index contributed by atoms with van der Waals surface area (Å²) in [5, 5.41) is 11.8. The van der Waals surface area contributed by atoms with Gasteiger partial charge in [-0.05, 0) is 30.2 Å². The number of hydrogen-bond acceptors (Lipinski definition) is 4. The second kappa shape index (κ2) is 7.82. The summed E-state index contributed by atoms with van der Waals surface area (Å²) in [6.07, 6.45) is 0.894. The van der Waals surface area contributed by atoms with E-state index >= 15 is 0 Å². The summed E-state index contributed by atoms with van der Waals surface area (Å²) < 4.78 is 19.0. The average Bonchev–Trinajstić information content (AvgIpc) is 3.11. The van der Waals surface area contributed by atoms with Gasteiger partial charge in [0.2, 0.25) is 0 Å². The molecule has 27 heavy (non-hydrogen) atoms. The monoisotopic (exact) mass is 368 g/mol. The van der Waals surface area contributed by atoms with Crippen molar-refractivity contribution in [3.63, 3.8) is 0 Å². The molecular weight excluding hydrogens is 351 g/mol. The lowest BCUT2D eigenvalue weighted by Gasteiger charge is -2.18. The molecule has 0 fully saturated rings. The van der Waals surface area contributed by atoms with E-state index in [-0.39, 0.29) is 23.6 Å². The van der Waals surface area contributed by atoms with Crippen LogP contribution in [0.4, 0.5) is 4.39 Å². The van der Waals surface area contributed by atoms with Crippen molar-refractivity contribution < 1.29 is 23.5 Å². The van der Waals surface area contributed by atoms with Crippen molar-refractivity contribution in [1.29, 1.82) is 0 Å². The number of aromatic nitrogens is 1. The van der Waals surface area contributed by atoms with Crippen LogP contribution in [-0.2, 0) is 4.79 Å². The Morgan fingerprint density at radius 1 is 1.19 bits per heavy atom. The molecule has 1 aromatic heterocycles. The summed E-state index contributed by atoms with van der Waals surface area (Å²) >= 11 is 0. The maximum atomic E-state index is 13.9. The van der Waals surface area contributed by atoms with Crippen molar-refractivity contribution in [2.24, 2.45) is 0 Å². The number of nitrogens with zero attached hydrogens (tertiary/aromatic N) is 1. The van der Waals surface area contributed by atoms with Crippen LogP contribution in [-0.4, -0.2) is 22.0 Å². The number of carboxylic acid groups (broad SMARTS) is 1. The SMILES string of the molecule is Cc1ccccc1[C@H](CC(=O)O)NC(=O)c1nc(-c2ccccc2F)co1. The fraction of sp³-hybridized carbons (Fsp3) is 0.150. The molecule has 0 radical (unpaired) electrons. The van der Waals surface area contributed by atoms with Gasteiger partial charge in [-0.1, -0.05) is 36.4 Å². The van der Waals surface area contributed by atoms with E-state index in [1.807, 2.05) is 19.1 Å². The van der Waals surface area contributed by atoms with Gasteiger partial charge in [-0.2, -0.15) is 0 Å². The first kappa shape index (κ1) is 18.3. The van der Waals surface area contributed by atoms with E-state index in [0.29, 0.717) is 5.56 Å². The Labute approximate surface area is 154 Å². The molecule has 1 heterocycles. The van der Waals surface area contributed by atoms with Gasteiger partial charge in [0.1, 0.15) is 17.8 Å². The fourth-order valence-corrected chi connectivity index (χ4v) is 2.78. The third-order valence-corrected chi connectivity index (χ3v) is 4.10. The van der Waals surface area contributed by atoms with Gasteiger partial charge < -0.3 is 14.8 Å². The fourth-order valence-electron chi connectivity index (χ4n) is 2.78. The topological polar surface area (TPSA) is 92.4 Å². The molecule has 3 aromatic rings. The molecule has 1 atom stereocenters. The van der Waals surface area contributed by atoms with Gasteiger partial charge in [-0.25, -0.2) is 9.37 Å². The minimum atomic E-state index is -1.05. The number of amides is 1. The summed E-state index contributed by atoms with van der Waals surface area (Å²) in [6.45, 7) is 1.83. The highest BCUT2D eigenvalue weighted by Gasteiger charge is 2.23. The largest absolute Gasteiger partial charge is 0.481 e. The molecule has 0 aliphatic rings. The van der Waals surface area contributed by atoms with Gasteiger partial charge in [-0.15, -0.1) is 0 Å². The second-order valence-corrected chi connectivity index (χ2v) is 6.00. The summed E-state index contributed by atoms with van der Waals surface area (Å²) in [4.78, 5) is 27.7. The average molecular weight is 368 g/mol. The van der Waals surface area contributed by atoms with E-state index in [1.54, 1.807) is 24.3 Å². The standard InChI is InChI=1S/C20H17FN2O4/c1-12-6-2-3-7-13(12)16(10-18(24)25)22-19(26)20-23-17(11-27-20)14-8-4-5-9-15(14)21/h2-9,11,16H,10H2,1H3,(H,22,26)(H,24,25)/t16-/m0/s1. The summed E-state index contributed by atoms with van der Waals surface area (Å²) in [5.41, 5.74) is 1.93. The minimum absolute atomic E-state index is 0.184. The van der Waals surface area contributed by atoms with E-state index < -0.39 is 23.7 Å². The van der Waals surface area contributed by atoms with Crippen molar-refractivity contribution in [1.82, 2.24) is 10.3 Å². The van der Waals surface area contributed by atoms with Crippen LogP contribution in [0.25, 0.3) is 11.3 Å². The van der Waals surface area contributed by atoms with E-state index in [4.69, 9.17) is 4.42 Å². The molecule has 2 N–H and O–H groups in total.